The SMILES string of the molecule is CC(C)CN1CCC(CCN(C)C)CC1. The van der Waals surface area contributed by atoms with E-state index in [1.807, 2.05) is 0 Å². The maximum atomic E-state index is 2.64. The van der Waals surface area contributed by atoms with Crippen molar-refractivity contribution in [2.45, 2.75) is 33.1 Å². The van der Waals surface area contributed by atoms with Gasteiger partial charge in [-0.1, -0.05) is 13.8 Å². The van der Waals surface area contributed by atoms with Crippen LogP contribution in [0, 0.1) is 11.8 Å². The predicted octanol–water partition coefficient (Wildman–Crippen LogP) is 2.31. The van der Waals surface area contributed by atoms with E-state index in [0.717, 1.165) is 11.8 Å². The second kappa shape index (κ2) is 6.49. The number of nitrogens with zero attached hydrogens (tertiary/aromatic N) is 2. The van der Waals surface area contributed by atoms with Crippen LogP contribution < -0.4 is 0 Å². The normalized spacial score (nSPS) is 20.4. The van der Waals surface area contributed by atoms with E-state index >= 15 is 0 Å². The number of hydrogen-bond donors (Lipinski definition) is 0. The minimum Gasteiger partial charge on any atom is -0.309 e. The molecule has 0 unspecified atom stereocenters. The van der Waals surface area contributed by atoms with Crippen molar-refractivity contribution >= 4 is 0 Å². The molecule has 15 heavy (non-hydrogen) atoms. The van der Waals surface area contributed by atoms with Crippen molar-refractivity contribution in [3.63, 3.8) is 0 Å². The summed E-state index contributed by atoms with van der Waals surface area (Å²) < 4.78 is 0. The van der Waals surface area contributed by atoms with Gasteiger partial charge < -0.3 is 9.80 Å². The third kappa shape index (κ3) is 5.53. The summed E-state index contributed by atoms with van der Waals surface area (Å²) in [5, 5.41) is 0. The first-order valence-corrected chi connectivity index (χ1v) is 6.45. The van der Waals surface area contributed by atoms with Crippen molar-refractivity contribution in [3.8, 4) is 0 Å². The minimum absolute atomic E-state index is 0.823. The van der Waals surface area contributed by atoms with Gasteiger partial charge in [-0.2, -0.15) is 0 Å². The van der Waals surface area contributed by atoms with Crippen LogP contribution in [-0.2, 0) is 0 Å². The topological polar surface area (TPSA) is 6.48 Å². The van der Waals surface area contributed by atoms with Crippen molar-refractivity contribution in [2.75, 3.05) is 40.3 Å². The Morgan fingerprint density at radius 2 is 1.80 bits per heavy atom. The smallest absolute Gasteiger partial charge is 0.000439 e. The Balaban J connectivity index is 2.12. The summed E-state index contributed by atoms with van der Waals surface area (Å²) in [6, 6.07) is 0. The molecule has 0 saturated carbocycles. The zero-order valence-electron chi connectivity index (χ0n) is 11.0. The Morgan fingerprint density at radius 3 is 2.27 bits per heavy atom. The maximum Gasteiger partial charge on any atom is 0.000439 e. The Bertz CT molecular complexity index is 158. The van der Waals surface area contributed by atoms with Crippen molar-refractivity contribution in [3.05, 3.63) is 0 Å². The third-order valence-corrected chi connectivity index (χ3v) is 3.32. The maximum absolute atomic E-state index is 2.64. The molecule has 0 amide bonds. The van der Waals surface area contributed by atoms with Gasteiger partial charge in [0.15, 0.2) is 0 Å². The molecular weight excluding hydrogens is 184 g/mol. The summed E-state index contributed by atoms with van der Waals surface area (Å²) in [6.45, 7) is 9.85. The molecule has 0 atom stereocenters. The van der Waals surface area contributed by atoms with Crippen LogP contribution >= 0.6 is 0 Å². The summed E-state index contributed by atoms with van der Waals surface area (Å²) in [5.74, 6) is 1.80. The van der Waals surface area contributed by atoms with E-state index in [9.17, 15) is 0 Å². The first-order chi connectivity index (χ1) is 7.08. The molecule has 2 heteroatoms. The molecular formula is C13H28N2. The van der Waals surface area contributed by atoms with E-state index in [1.54, 1.807) is 0 Å². The van der Waals surface area contributed by atoms with Crippen LogP contribution in [0.25, 0.3) is 0 Å². The zero-order chi connectivity index (χ0) is 11.3. The molecule has 0 aromatic carbocycles. The third-order valence-electron chi connectivity index (χ3n) is 3.32. The van der Waals surface area contributed by atoms with Gasteiger partial charge in [-0.05, 0) is 64.8 Å². The number of hydrogen-bond acceptors (Lipinski definition) is 2. The largest absolute Gasteiger partial charge is 0.309 e. The lowest BCUT2D eigenvalue weighted by molar-refractivity contribution is 0.158. The number of piperidine rings is 1. The molecule has 1 rings (SSSR count). The molecule has 0 N–H and O–H groups in total. The van der Waals surface area contributed by atoms with Crippen LogP contribution in [0.3, 0.4) is 0 Å². The van der Waals surface area contributed by atoms with Gasteiger partial charge in [0.2, 0.25) is 0 Å². The van der Waals surface area contributed by atoms with Crippen molar-refractivity contribution in [1.82, 2.24) is 9.80 Å². The molecule has 2 nitrogen and oxygen atoms in total. The van der Waals surface area contributed by atoms with Crippen molar-refractivity contribution in [1.29, 1.82) is 0 Å². The molecule has 0 spiro atoms. The van der Waals surface area contributed by atoms with Gasteiger partial charge in [0, 0.05) is 6.54 Å². The summed E-state index contributed by atoms with van der Waals surface area (Å²) >= 11 is 0. The van der Waals surface area contributed by atoms with Gasteiger partial charge in [-0.15, -0.1) is 0 Å². The lowest BCUT2D eigenvalue weighted by atomic mass is 9.93. The molecule has 1 saturated heterocycles. The van der Waals surface area contributed by atoms with Crippen molar-refractivity contribution < 1.29 is 0 Å². The Labute approximate surface area is 95.6 Å². The highest BCUT2D eigenvalue weighted by Gasteiger charge is 2.19. The lowest BCUT2D eigenvalue weighted by Gasteiger charge is -2.33. The van der Waals surface area contributed by atoms with E-state index in [2.05, 4.69) is 37.7 Å². The molecule has 1 heterocycles. The molecule has 1 aliphatic heterocycles. The summed E-state index contributed by atoms with van der Waals surface area (Å²) in [4.78, 5) is 4.94. The van der Waals surface area contributed by atoms with Crippen molar-refractivity contribution in [2.24, 2.45) is 11.8 Å². The Kier molecular flexibility index (Phi) is 5.62. The van der Waals surface area contributed by atoms with Gasteiger partial charge in [-0.3, -0.25) is 0 Å². The van der Waals surface area contributed by atoms with Crippen LogP contribution in [0.2, 0.25) is 0 Å². The highest BCUT2D eigenvalue weighted by atomic mass is 15.1. The zero-order valence-corrected chi connectivity index (χ0v) is 11.0. The van der Waals surface area contributed by atoms with E-state index in [4.69, 9.17) is 0 Å². The fraction of sp³-hybridized carbons (Fsp3) is 1.00. The molecule has 0 bridgehead atoms. The number of rotatable bonds is 5. The van der Waals surface area contributed by atoms with E-state index in [-0.39, 0.29) is 0 Å². The second-order valence-electron chi connectivity index (χ2n) is 5.73. The molecule has 1 aliphatic rings. The highest BCUT2D eigenvalue weighted by Crippen LogP contribution is 2.21. The first kappa shape index (κ1) is 13.0. The van der Waals surface area contributed by atoms with E-state index in [0.29, 0.717) is 0 Å². The van der Waals surface area contributed by atoms with Gasteiger partial charge in [0.05, 0.1) is 0 Å². The molecule has 0 aromatic rings. The Morgan fingerprint density at radius 1 is 1.20 bits per heavy atom. The second-order valence-corrected chi connectivity index (χ2v) is 5.73. The monoisotopic (exact) mass is 212 g/mol. The summed E-state index contributed by atoms with van der Waals surface area (Å²) in [6.07, 6.45) is 4.23. The molecule has 0 aliphatic carbocycles. The molecule has 90 valence electrons. The van der Waals surface area contributed by atoms with Crippen LogP contribution in [0.4, 0.5) is 0 Å². The van der Waals surface area contributed by atoms with E-state index < -0.39 is 0 Å². The quantitative estimate of drug-likeness (QED) is 0.690. The average molecular weight is 212 g/mol. The van der Waals surface area contributed by atoms with Crippen LogP contribution in [0.5, 0.6) is 0 Å². The van der Waals surface area contributed by atoms with Crippen LogP contribution in [-0.4, -0.2) is 50.1 Å². The molecule has 0 radical (unpaired) electrons. The minimum atomic E-state index is 0.823. The predicted molar refractivity (Wildman–Crippen MR) is 67.2 cm³/mol. The Hall–Kier alpha value is -0.0800. The summed E-state index contributed by atoms with van der Waals surface area (Å²) in [5.41, 5.74) is 0. The van der Waals surface area contributed by atoms with Crippen LogP contribution in [0.15, 0.2) is 0 Å². The lowest BCUT2D eigenvalue weighted by Crippen LogP contribution is -2.36. The molecule has 0 aromatic heterocycles. The van der Waals surface area contributed by atoms with Crippen LogP contribution in [0.1, 0.15) is 33.1 Å². The van der Waals surface area contributed by atoms with E-state index in [1.165, 1.54) is 45.4 Å². The van der Waals surface area contributed by atoms with Gasteiger partial charge in [0.25, 0.3) is 0 Å². The average Bonchev–Trinajstić information content (AvgIpc) is 2.16. The number of likely N-dealkylation sites (tertiary alicyclic amines) is 1. The van der Waals surface area contributed by atoms with Gasteiger partial charge in [-0.25, -0.2) is 0 Å². The summed E-state index contributed by atoms with van der Waals surface area (Å²) in [7, 11) is 4.35. The fourth-order valence-electron chi connectivity index (χ4n) is 2.41. The fourth-order valence-corrected chi connectivity index (χ4v) is 2.41. The standard InChI is InChI=1S/C13H28N2/c1-12(2)11-15-9-6-13(7-10-15)5-8-14(3)4/h12-13H,5-11H2,1-4H3. The first-order valence-electron chi connectivity index (χ1n) is 6.45. The molecule has 1 fully saturated rings. The highest BCUT2D eigenvalue weighted by molar-refractivity contribution is 4.73. The van der Waals surface area contributed by atoms with Gasteiger partial charge in [0.1, 0.15) is 0 Å². The van der Waals surface area contributed by atoms with Gasteiger partial charge >= 0.3 is 0 Å².